The van der Waals surface area contributed by atoms with Crippen LogP contribution < -0.4 is 0 Å². The Bertz CT molecular complexity index is 283. The number of nitrogens with zero attached hydrogens (tertiary/aromatic N) is 2. The molecule has 1 aromatic rings. The van der Waals surface area contributed by atoms with Gasteiger partial charge in [0.1, 0.15) is 0 Å². The third-order valence-corrected chi connectivity index (χ3v) is 2.83. The summed E-state index contributed by atoms with van der Waals surface area (Å²) in [6, 6.07) is 10.1. The molecule has 1 N–H and O–H groups in total. The SMILES string of the molecule is ON(Cc1ccccc1)N1CCCCC1. The lowest BCUT2D eigenvalue weighted by atomic mass is 10.2. The predicted octanol–water partition coefficient (Wildman–Crippen LogP) is 2.28. The van der Waals surface area contributed by atoms with E-state index < -0.39 is 0 Å². The molecule has 1 aromatic carbocycles. The van der Waals surface area contributed by atoms with Gasteiger partial charge in [-0.05, 0) is 18.4 Å². The van der Waals surface area contributed by atoms with Crippen molar-refractivity contribution in [3.05, 3.63) is 35.9 Å². The van der Waals surface area contributed by atoms with Crippen molar-refractivity contribution in [3.8, 4) is 0 Å². The van der Waals surface area contributed by atoms with Crippen molar-refractivity contribution in [2.24, 2.45) is 0 Å². The molecule has 1 aliphatic heterocycles. The molecule has 0 saturated carbocycles. The molecule has 1 saturated heterocycles. The van der Waals surface area contributed by atoms with Gasteiger partial charge in [0.15, 0.2) is 0 Å². The van der Waals surface area contributed by atoms with E-state index in [9.17, 15) is 5.21 Å². The molecule has 0 aromatic heterocycles. The van der Waals surface area contributed by atoms with Gasteiger partial charge in [-0.15, -0.1) is 5.17 Å². The van der Waals surface area contributed by atoms with E-state index in [2.05, 4.69) is 0 Å². The molecule has 82 valence electrons. The van der Waals surface area contributed by atoms with Crippen molar-refractivity contribution in [1.29, 1.82) is 0 Å². The molecule has 0 atom stereocenters. The zero-order chi connectivity index (χ0) is 10.5. The fourth-order valence-electron chi connectivity index (χ4n) is 1.95. The van der Waals surface area contributed by atoms with Crippen LogP contribution in [0.4, 0.5) is 0 Å². The summed E-state index contributed by atoms with van der Waals surface area (Å²) in [5.74, 6) is 0. The topological polar surface area (TPSA) is 26.7 Å². The Morgan fingerprint density at radius 3 is 2.40 bits per heavy atom. The number of hydrogen-bond donors (Lipinski definition) is 1. The Morgan fingerprint density at radius 1 is 1.07 bits per heavy atom. The number of hydrogen-bond acceptors (Lipinski definition) is 3. The van der Waals surface area contributed by atoms with Crippen LogP contribution in [-0.2, 0) is 6.54 Å². The minimum absolute atomic E-state index is 0.584. The Kier molecular flexibility index (Phi) is 3.72. The van der Waals surface area contributed by atoms with Crippen molar-refractivity contribution in [2.45, 2.75) is 25.8 Å². The number of benzene rings is 1. The second kappa shape index (κ2) is 5.26. The van der Waals surface area contributed by atoms with Gasteiger partial charge in [-0.25, -0.2) is 5.01 Å². The van der Waals surface area contributed by atoms with Crippen molar-refractivity contribution in [2.75, 3.05) is 13.1 Å². The van der Waals surface area contributed by atoms with Gasteiger partial charge < -0.3 is 0 Å². The lowest BCUT2D eigenvalue weighted by Gasteiger charge is -2.32. The molecule has 1 aliphatic rings. The van der Waals surface area contributed by atoms with Crippen LogP contribution in [0.3, 0.4) is 0 Å². The summed E-state index contributed by atoms with van der Waals surface area (Å²) in [4.78, 5) is 0. The standard InChI is InChI=1S/C12H18N2O/c15-14(13-9-5-2-6-10-13)11-12-7-3-1-4-8-12/h1,3-4,7-8,15H,2,5-6,9-11H2. The summed E-state index contributed by atoms with van der Waals surface area (Å²) in [6.07, 6.45) is 3.66. The number of piperidine rings is 1. The van der Waals surface area contributed by atoms with Gasteiger partial charge in [-0.2, -0.15) is 0 Å². The molecule has 0 bridgehead atoms. The molecule has 2 rings (SSSR count). The Hall–Kier alpha value is -0.900. The Balaban J connectivity index is 1.88. The number of rotatable bonds is 3. The normalized spacial score (nSPS) is 18.3. The summed E-state index contributed by atoms with van der Waals surface area (Å²) in [5, 5.41) is 13.3. The van der Waals surface area contributed by atoms with Gasteiger partial charge in [0, 0.05) is 13.1 Å². The third-order valence-electron chi connectivity index (χ3n) is 2.83. The minimum atomic E-state index is 0.584. The van der Waals surface area contributed by atoms with E-state index in [1.165, 1.54) is 24.4 Å². The average Bonchev–Trinajstić information content (AvgIpc) is 2.31. The molecule has 15 heavy (non-hydrogen) atoms. The molecule has 0 spiro atoms. The van der Waals surface area contributed by atoms with Crippen LogP contribution >= 0.6 is 0 Å². The molecule has 1 fully saturated rings. The van der Waals surface area contributed by atoms with Crippen LogP contribution in [0.5, 0.6) is 0 Å². The molecular weight excluding hydrogens is 188 g/mol. The average molecular weight is 206 g/mol. The second-order valence-electron chi connectivity index (χ2n) is 4.03. The molecule has 0 unspecified atom stereocenters. The van der Waals surface area contributed by atoms with E-state index in [0.29, 0.717) is 6.54 Å². The van der Waals surface area contributed by atoms with Crippen LogP contribution in [0, 0.1) is 0 Å². The summed E-state index contributed by atoms with van der Waals surface area (Å²) < 4.78 is 0. The van der Waals surface area contributed by atoms with Gasteiger partial charge in [-0.3, -0.25) is 5.21 Å². The van der Waals surface area contributed by atoms with Crippen molar-refractivity contribution in [1.82, 2.24) is 10.2 Å². The van der Waals surface area contributed by atoms with Crippen LogP contribution in [0.25, 0.3) is 0 Å². The first kappa shape index (κ1) is 10.6. The molecular formula is C12H18N2O. The van der Waals surface area contributed by atoms with Gasteiger partial charge in [-0.1, -0.05) is 36.8 Å². The lowest BCUT2D eigenvalue weighted by molar-refractivity contribution is -0.258. The molecule has 1 heterocycles. The summed E-state index contributed by atoms with van der Waals surface area (Å²) in [6.45, 7) is 2.54. The fourth-order valence-corrected chi connectivity index (χ4v) is 1.95. The number of hydrazine groups is 1. The van der Waals surface area contributed by atoms with Crippen LogP contribution in [-0.4, -0.2) is 28.5 Å². The van der Waals surface area contributed by atoms with E-state index in [1.807, 2.05) is 35.3 Å². The summed E-state index contributed by atoms with van der Waals surface area (Å²) in [5.41, 5.74) is 1.14. The minimum Gasteiger partial charge on any atom is -0.299 e. The molecule has 0 radical (unpaired) electrons. The van der Waals surface area contributed by atoms with E-state index in [1.54, 1.807) is 0 Å². The highest BCUT2D eigenvalue weighted by Gasteiger charge is 2.15. The van der Waals surface area contributed by atoms with E-state index in [4.69, 9.17) is 0 Å². The van der Waals surface area contributed by atoms with Crippen LogP contribution in [0.1, 0.15) is 24.8 Å². The zero-order valence-corrected chi connectivity index (χ0v) is 8.97. The van der Waals surface area contributed by atoms with Crippen LogP contribution in [0.2, 0.25) is 0 Å². The molecule has 0 amide bonds. The smallest absolute Gasteiger partial charge is 0.0651 e. The maximum Gasteiger partial charge on any atom is 0.0651 e. The monoisotopic (exact) mass is 206 g/mol. The fraction of sp³-hybridized carbons (Fsp3) is 0.500. The predicted molar refractivity (Wildman–Crippen MR) is 59.2 cm³/mol. The Morgan fingerprint density at radius 2 is 1.73 bits per heavy atom. The summed E-state index contributed by atoms with van der Waals surface area (Å²) in [7, 11) is 0. The van der Waals surface area contributed by atoms with Gasteiger partial charge in [0.2, 0.25) is 0 Å². The van der Waals surface area contributed by atoms with Gasteiger partial charge >= 0.3 is 0 Å². The molecule has 3 nitrogen and oxygen atoms in total. The van der Waals surface area contributed by atoms with Crippen molar-refractivity contribution >= 4 is 0 Å². The third kappa shape index (κ3) is 3.02. The van der Waals surface area contributed by atoms with E-state index >= 15 is 0 Å². The van der Waals surface area contributed by atoms with Gasteiger partial charge in [0.25, 0.3) is 0 Å². The lowest BCUT2D eigenvalue weighted by Crippen LogP contribution is -2.42. The maximum absolute atomic E-state index is 9.89. The first-order valence-electron chi connectivity index (χ1n) is 5.61. The Labute approximate surface area is 90.9 Å². The van der Waals surface area contributed by atoms with E-state index in [0.717, 1.165) is 18.7 Å². The summed E-state index contributed by atoms with van der Waals surface area (Å²) >= 11 is 0. The zero-order valence-electron chi connectivity index (χ0n) is 8.97. The quantitative estimate of drug-likeness (QED) is 0.769. The van der Waals surface area contributed by atoms with Crippen molar-refractivity contribution in [3.63, 3.8) is 0 Å². The highest BCUT2D eigenvalue weighted by atomic mass is 16.5. The molecule has 3 heteroatoms. The van der Waals surface area contributed by atoms with Crippen molar-refractivity contribution < 1.29 is 5.21 Å². The highest BCUT2D eigenvalue weighted by Crippen LogP contribution is 2.12. The van der Waals surface area contributed by atoms with Gasteiger partial charge in [0.05, 0.1) is 6.54 Å². The highest BCUT2D eigenvalue weighted by molar-refractivity contribution is 5.13. The number of hydroxylamine groups is 1. The second-order valence-corrected chi connectivity index (χ2v) is 4.03. The first-order valence-corrected chi connectivity index (χ1v) is 5.61. The van der Waals surface area contributed by atoms with E-state index in [-0.39, 0.29) is 0 Å². The first-order chi connectivity index (χ1) is 7.36. The van der Waals surface area contributed by atoms with Crippen LogP contribution in [0.15, 0.2) is 30.3 Å². The maximum atomic E-state index is 9.89. The largest absolute Gasteiger partial charge is 0.299 e. The molecule has 0 aliphatic carbocycles.